The molecule has 0 amide bonds. The van der Waals surface area contributed by atoms with Crippen LogP contribution in [0.3, 0.4) is 0 Å². The van der Waals surface area contributed by atoms with Crippen LogP contribution in [0.5, 0.6) is 0 Å². The third kappa shape index (κ3) is 1.63. The van der Waals surface area contributed by atoms with E-state index in [1.54, 1.807) is 0 Å². The van der Waals surface area contributed by atoms with Gasteiger partial charge in [0.1, 0.15) is 0 Å². The molecule has 0 radical (unpaired) electrons. The lowest BCUT2D eigenvalue weighted by Crippen LogP contribution is -2.30. The van der Waals surface area contributed by atoms with E-state index in [4.69, 9.17) is 5.73 Å². The number of nitrogens with zero attached hydrogens (tertiary/aromatic N) is 1. The minimum Gasteiger partial charge on any atom is -0.371 e. The van der Waals surface area contributed by atoms with Crippen LogP contribution in [0.1, 0.15) is 6.92 Å². The molecule has 2 rings (SSSR count). The second kappa shape index (κ2) is 3.66. The van der Waals surface area contributed by atoms with Gasteiger partial charge in [-0.3, -0.25) is 4.79 Å². The van der Waals surface area contributed by atoms with Gasteiger partial charge in [0.15, 0.2) is 5.78 Å². The fourth-order valence-corrected chi connectivity index (χ4v) is 2.16. The zero-order chi connectivity index (χ0) is 11.0. The fraction of sp³-hybridized carbons (Fsp3) is 0.417. The quantitative estimate of drug-likeness (QED) is 0.725. The van der Waals surface area contributed by atoms with Crippen molar-refractivity contribution in [3.63, 3.8) is 0 Å². The van der Waals surface area contributed by atoms with Gasteiger partial charge in [-0.15, -0.1) is 0 Å². The van der Waals surface area contributed by atoms with Gasteiger partial charge in [0.05, 0.1) is 12.6 Å². The maximum absolute atomic E-state index is 11.4. The lowest BCUT2D eigenvalue weighted by Gasteiger charge is -2.26. The average Bonchev–Trinajstić information content (AvgIpc) is 2.53. The molecular weight excluding hydrogens is 188 g/mol. The highest BCUT2D eigenvalue weighted by molar-refractivity contribution is 5.99. The Morgan fingerprint density at radius 3 is 2.93 bits per heavy atom. The number of rotatable bonds is 2. The molecule has 1 aliphatic heterocycles. The minimum absolute atomic E-state index is 0.0188. The lowest BCUT2D eigenvalue weighted by molar-refractivity contribution is -0.114. The highest BCUT2D eigenvalue weighted by Gasteiger charge is 2.29. The van der Waals surface area contributed by atoms with Crippen LogP contribution in [0.15, 0.2) is 35.6 Å². The summed E-state index contributed by atoms with van der Waals surface area (Å²) >= 11 is 0. The number of likely N-dealkylation sites (N-methyl/N-ethyl adjacent to an activating group) is 1. The number of allylic oxidation sites excluding steroid dienone is 2. The predicted octanol–water partition coefficient (Wildman–Crippen LogP) is 0.844. The van der Waals surface area contributed by atoms with E-state index in [1.807, 2.05) is 12.2 Å². The van der Waals surface area contributed by atoms with Gasteiger partial charge in [0.2, 0.25) is 0 Å². The van der Waals surface area contributed by atoms with Crippen LogP contribution < -0.4 is 5.73 Å². The molecule has 2 N–H and O–H groups in total. The number of fused-ring (bicyclic) bond motifs is 1. The number of hydrogen-bond acceptors (Lipinski definition) is 3. The van der Waals surface area contributed by atoms with Crippen molar-refractivity contribution in [2.45, 2.75) is 13.0 Å². The zero-order valence-corrected chi connectivity index (χ0v) is 9.10. The van der Waals surface area contributed by atoms with Gasteiger partial charge in [-0.2, -0.15) is 0 Å². The monoisotopic (exact) mass is 204 g/mol. The summed E-state index contributed by atoms with van der Waals surface area (Å²) in [5.74, 6) is 0.343. The third-order valence-corrected chi connectivity index (χ3v) is 3.18. The highest BCUT2D eigenvalue weighted by atomic mass is 16.1. The minimum atomic E-state index is 0.0188. The molecule has 0 fully saturated rings. The van der Waals surface area contributed by atoms with Crippen LogP contribution in [0.2, 0.25) is 0 Å². The molecule has 0 aromatic carbocycles. The van der Waals surface area contributed by atoms with E-state index in [2.05, 4.69) is 31.0 Å². The molecule has 80 valence electrons. The summed E-state index contributed by atoms with van der Waals surface area (Å²) in [6.45, 7) is 2.18. The summed E-state index contributed by atoms with van der Waals surface area (Å²) in [5, 5.41) is 0. The number of ketones is 1. The Morgan fingerprint density at radius 2 is 2.27 bits per heavy atom. The Kier molecular flexibility index (Phi) is 2.49. The van der Waals surface area contributed by atoms with E-state index in [0.29, 0.717) is 12.0 Å². The molecule has 0 aromatic heterocycles. The first-order chi connectivity index (χ1) is 7.13. The van der Waals surface area contributed by atoms with Gasteiger partial charge in [-0.1, -0.05) is 24.3 Å². The van der Waals surface area contributed by atoms with Crippen molar-refractivity contribution in [2.75, 3.05) is 13.6 Å². The number of nitrogens with two attached hydrogens (primary N) is 1. The van der Waals surface area contributed by atoms with Crippen LogP contribution in [0.4, 0.5) is 0 Å². The number of hydrogen-bond donors (Lipinski definition) is 1. The predicted molar refractivity (Wildman–Crippen MR) is 60.1 cm³/mol. The maximum atomic E-state index is 11.4. The van der Waals surface area contributed by atoms with E-state index in [9.17, 15) is 4.79 Å². The van der Waals surface area contributed by atoms with E-state index in [-0.39, 0.29) is 12.3 Å². The zero-order valence-electron chi connectivity index (χ0n) is 9.10. The number of carbonyl (C=O) groups is 1. The van der Waals surface area contributed by atoms with Gasteiger partial charge in [-0.05, 0) is 6.92 Å². The summed E-state index contributed by atoms with van der Waals surface area (Å²) in [6.07, 6.45) is 8.19. The van der Waals surface area contributed by atoms with Gasteiger partial charge in [0, 0.05) is 24.2 Å². The molecule has 3 nitrogen and oxygen atoms in total. The molecule has 0 saturated heterocycles. The van der Waals surface area contributed by atoms with E-state index in [1.165, 1.54) is 5.70 Å². The molecule has 2 aliphatic rings. The smallest absolute Gasteiger partial charge is 0.176 e. The molecule has 0 bridgehead atoms. The molecular formula is C12H16N2O. The van der Waals surface area contributed by atoms with Crippen LogP contribution >= 0.6 is 0 Å². The van der Waals surface area contributed by atoms with Gasteiger partial charge < -0.3 is 10.6 Å². The van der Waals surface area contributed by atoms with Gasteiger partial charge in [0.25, 0.3) is 0 Å². The first-order valence-electron chi connectivity index (χ1n) is 5.18. The normalized spacial score (nSPS) is 28.6. The van der Waals surface area contributed by atoms with Crippen molar-refractivity contribution in [2.24, 2.45) is 11.7 Å². The highest BCUT2D eigenvalue weighted by Crippen LogP contribution is 2.31. The average molecular weight is 204 g/mol. The van der Waals surface area contributed by atoms with Crippen molar-refractivity contribution < 1.29 is 4.79 Å². The topological polar surface area (TPSA) is 46.3 Å². The Balaban J connectivity index is 2.24. The van der Waals surface area contributed by atoms with Crippen LogP contribution in [-0.4, -0.2) is 30.3 Å². The first-order valence-corrected chi connectivity index (χ1v) is 5.18. The Hall–Kier alpha value is -1.35. The first kappa shape index (κ1) is 10.2. The Labute approximate surface area is 89.9 Å². The van der Waals surface area contributed by atoms with Crippen molar-refractivity contribution in [3.05, 3.63) is 35.6 Å². The Bertz CT molecular complexity index is 379. The summed E-state index contributed by atoms with van der Waals surface area (Å²) in [4.78, 5) is 13.7. The fourth-order valence-electron chi connectivity index (χ4n) is 2.16. The van der Waals surface area contributed by atoms with Crippen LogP contribution in [-0.2, 0) is 4.79 Å². The molecule has 1 heterocycles. The second-order valence-electron chi connectivity index (χ2n) is 4.10. The lowest BCUT2D eigenvalue weighted by atomic mass is 9.91. The molecule has 0 spiro atoms. The van der Waals surface area contributed by atoms with Crippen molar-refractivity contribution in [1.82, 2.24) is 4.90 Å². The van der Waals surface area contributed by atoms with Gasteiger partial charge >= 0.3 is 0 Å². The summed E-state index contributed by atoms with van der Waals surface area (Å²) in [6, 6.07) is 0.374. The van der Waals surface area contributed by atoms with Crippen molar-refractivity contribution in [3.8, 4) is 0 Å². The number of Topliss-reactive ketones (excluding diaryl/α,β-unsaturated/α-hetero) is 1. The molecule has 3 heteroatoms. The molecule has 0 aromatic rings. The molecule has 2 unspecified atom stereocenters. The van der Waals surface area contributed by atoms with Gasteiger partial charge in [-0.25, -0.2) is 0 Å². The summed E-state index contributed by atoms with van der Waals surface area (Å²) in [5.41, 5.74) is 7.35. The largest absolute Gasteiger partial charge is 0.371 e. The SMILES string of the molecule is CC1=CC2C=C(C(=O)CN)C=CC2N1C. The van der Waals surface area contributed by atoms with Crippen molar-refractivity contribution >= 4 is 5.78 Å². The van der Waals surface area contributed by atoms with E-state index < -0.39 is 0 Å². The summed E-state index contributed by atoms with van der Waals surface area (Å²) < 4.78 is 0. The van der Waals surface area contributed by atoms with Crippen LogP contribution in [0.25, 0.3) is 0 Å². The van der Waals surface area contributed by atoms with Crippen LogP contribution in [0, 0.1) is 5.92 Å². The van der Waals surface area contributed by atoms with Crippen molar-refractivity contribution in [1.29, 1.82) is 0 Å². The Morgan fingerprint density at radius 1 is 1.53 bits per heavy atom. The van der Waals surface area contributed by atoms with E-state index in [0.717, 1.165) is 5.57 Å². The summed E-state index contributed by atoms with van der Waals surface area (Å²) in [7, 11) is 2.07. The van der Waals surface area contributed by atoms with E-state index >= 15 is 0 Å². The standard InChI is InChI=1S/C12H16N2O/c1-8-5-10-6-9(12(15)7-13)3-4-11(10)14(8)2/h3-6,10-11H,7,13H2,1-2H3. The molecule has 2 atom stereocenters. The maximum Gasteiger partial charge on any atom is 0.176 e. The molecule has 0 saturated carbocycles. The molecule has 1 aliphatic carbocycles. The third-order valence-electron chi connectivity index (χ3n) is 3.18. The second-order valence-corrected chi connectivity index (χ2v) is 4.10. The number of carbonyl (C=O) groups excluding carboxylic acids is 1. The molecule has 15 heavy (non-hydrogen) atoms.